The number of hydrogen-bond donors (Lipinski definition) is 1. The highest BCUT2D eigenvalue weighted by atomic mass is 35.5. The average molecular weight is 492 g/mol. The zero-order chi connectivity index (χ0) is 24.5. The van der Waals surface area contributed by atoms with Crippen molar-refractivity contribution in [2.75, 3.05) is 18.0 Å². The molecule has 1 aliphatic rings. The predicted octanol–water partition coefficient (Wildman–Crippen LogP) is 5.34. The zero-order valence-electron chi connectivity index (χ0n) is 19.8. The molecule has 1 atom stereocenters. The maximum Gasteiger partial charge on any atom is 0.225 e. The predicted molar refractivity (Wildman–Crippen MR) is 136 cm³/mol. The molecule has 4 aromatic rings. The van der Waals surface area contributed by atoms with E-state index in [1.807, 2.05) is 10.7 Å². The molecule has 6 nitrogen and oxygen atoms in total. The molecule has 35 heavy (non-hydrogen) atoms. The van der Waals surface area contributed by atoms with Crippen molar-refractivity contribution in [1.29, 1.82) is 0 Å². The second-order valence-corrected chi connectivity index (χ2v) is 9.57. The normalized spacial score (nSPS) is 16.0. The Kier molecular flexibility index (Phi) is 6.43. The molecule has 8 heteroatoms. The molecule has 1 saturated heterocycles. The van der Waals surface area contributed by atoms with E-state index in [4.69, 9.17) is 16.7 Å². The summed E-state index contributed by atoms with van der Waals surface area (Å²) >= 11 is 6.11. The molecule has 1 amide bonds. The highest BCUT2D eigenvalue weighted by Gasteiger charge is 2.28. The third-order valence-electron chi connectivity index (χ3n) is 6.59. The fraction of sp³-hybridized carbons (Fsp3) is 0.296. The van der Waals surface area contributed by atoms with Gasteiger partial charge in [-0.05, 0) is 56.0 Å². The number of nitrogens with zero attached hydrogens (tertiary/aromatic N) is 4. The van der Waals surface area contributed by atoms with E-state index in [9.17, 15) is 9.18 Å². The highest BCUT2D eigenvalue weighted by Crippen LogP contribution is 2.30. The van der Waals surface area contributed by atoms with Crippen molar-refractivity contribution in [2.45, 2.75) is 33.2 Å². The lowest BCUT2D eigenvalue weighted by atomic mass is 9.97. The summed E-state index contributed by atoms with van der Waals surface area (Å²) in [4.78, 5) is 19.8. The smallest absolute Gasteiger partial charge is 0.225 e. The van der Waals surface area contributed by atoms with Crippen LogP contribution in [0.1, 0.15) is 29.5 Å². The van der Waals surface area contributed by atoms with E-state index in [0.29, 0.717) is 17.1 Å². The first kappa shape index (κ1) is 23.3. The quantitative estimate of drug-likeness (QED) is 0.409. The molecule has 0 bridgehead atoms. The summed E-state index contributed by atoms with van der Waals surface area (Å²) in [6, 6.07) is 12.6. The molecule has 3 heterocycles. The number of hydrogen-bond acceptors (Lipinski definition) is 4. The van der Waals surface area contributed by atoms with Gasteiger partial charge in [0, 0.05) is 42.6 Å². The molecule has 180 valence electrons. The third-order valence-corrected chi connectivity index (χ3v) is 6.94. The van der Waals surface area contributed by atoms with Gasteiger partial charge in [-0.3, -0.25) is 4.79 Å². The fourth-order valence-electron chi connectivity index (χ4n) is 4.76. The van der Waals surface area contributed by atoms with Gasteiger partial charge in [0.1, 0.15) is 11.3 Å². The van der Waals surface area contributed by atoms with Crippen molar-refractivity contribution < 1.29 is 9.18 Å². The second-order valence-electron chi connectivity index (χ2n) is 9.17. The van der Waals surface area contributed by atoms with Gasteiger partial charge in [-0.1, -0.05) is 41.4 Å². The molecule has 0 spiro atoms. The van der Waals surface area contributed by atoms with Crippen LogP contribution >= 0.6 is 11.6 Å². The number of aryl methyl sites for hydroxylation is 2. The van der Waals surface area contributed by atoms with Crippen molar-refractivity contribution in [2.24, 2.45) is 5.92 Å². The lowest BCUT2D eigenvalue weighted by Gasteiger charge is -2.33. The van der Waals surface area contributed by atoms with Gasteiger partial charge in [0.15, 0.2) is 5.82 Å². The number of amides is 1. The van der Waals surface area contributed by atoms with E-state index in [1.54, 1.807) is 12.3 Å². The first-order valence-electron chi connectivity index (χ1n) is 11.8. The lowest BCUT2D eigenvalue weighted by molar-refractivity contribution is -0.125. The number of anilines is 1. The molecule has 1 N–H and O–H groups in total. The Morgan fingerprint density at radius 3 is 2.86 bits per heavy atom. The Morgan fingerprint density at radius 2 is 2.06 bits per heavy atom. The number of piperidine rings is 1. The summed E-state index contributed by atoms with van der Waals surface area (Å²) < 4.78 is 15.2. The van der Waals surface area contributed by atoms with Crippen LogP contribution in [0, 0.1) is 25.6 Å². The van der Waals surface area contributed by atoms with E-state index < -0.39 is 5.82 Å². The number of benzene rings is 2. The molecule has 0 radical (unpaired) electrons. The Labute approximate surface area is 208 Å². The molecule has 0 unspecified atom stereocenters. The minimum Gasteiger partial charge on any atom is -0.354 e. The summed E-state index contributed by atoms with van der Waals surface area (Å²) in [5.74, 6) is 0.226. The van der Waals surface area contributed by atoms with Gasteiger partial charge < -0.3 is 10.2 Å². The summed E-state index contributed by atoms with van der Waals surface area (Å²) in [5.41, 5.74) is 6.01. The second kappa shape index (κ2) is 9.66. The molecule has 2 aromatic carbocycles. The largest absolute Gasteiger partial charge is 0.354 e. The van der Waals surface area contributed by atoms with Crippen LogP contribution < -0.4 is 10.2 Å². The van der Waals surface area contributed by atoms with Crippen LogP contribution in [0.25, 0.3) is 16.8 Å². The van der Waals surface area contributed by atoms with Crippen molar-refractivity contribution in [3.05, 3.63) is 82.4 Å². The van der Waals surface area contributed by atoms with Crippen LogP contribution in [0.15, 0.2) is 54.9 Å². The van der Waals surface area contributed by atoms with E-state index in [1.165, 1.54) is 23.3 Å². The van der Waals surface area contributed by atoms with Crippen molar-refractivity contribution in [3.63, 3.8) is 0 Å². The van der Waals surface area contributed by atoms with Gasteiger partial charge in [0.25, 0.3) is 0 Å². The molecule has 0 aliphatic carbocycles. The number of nitrogens with one attached hydrogen (secondary N) is 1. The minimum atomic E-state index is -0.393. The summed E-state index contributed by atoms with van der Waals surface area (Å²) in [5, 5.41) is 8.07. The first-order valence-corrected chi connectivity index (χ1v) is 12.2. The maximum atomic E-state index is 13.3. The molecule has 1 fully saturated rings. The van der Waals surface area contributed by atoms with E-state index >= 15 is 0 Å². The Morgan fingerprint density at radius 1 is 1.20 bits per heavy atom. The van der Waals surface area contributed by atoms with Gasteiger partial charge in [0.2, 0.25) is 5.91 Å². The summed E-state index contributed by atoms with van der Waals surface area (Å²) in [6.07, 6.45) is 5.29. The van der Waals surface area contributed by atoms with Crippen molar-refractivity contribution in [3.8, 4) is 11.3 Å². The van der Waals surface area contributed by atoms with Crippen molar-refractivity contribution in [1.82, 2.24) is 19.9 Å². The van der Waals surface area contributed by atoms with Gasteiger partial charge in [-0.15, -0.1) is 0 Å². The zero-order valence-corrected chi connectivity index (χ0v) is 20.5. The number of rotatable bonds is 5. The minimum absolute atomic E-state index is 0.0356. The Bertz CT molecular complexity index is 1400. The molecule has 0 saturated carbocycles. The SMILES string of the molecule is Cc1ccc(-c2cc3c(N4CCC[C@@H](C(=O)NCc5ccc(F)cc5Cl)C4)nccn3n2)c(C)c1. The maximum absolute atomic E-state index is 13.3. The molecule has 2 aromatic heterocycles. The lowest BCUT2D eigenvalue weighted by Crippen LogP contribution is -2.43. The standard InChI is InChI=1S/C27H27ClFN5O/c1-17-5-8-22(18(2)12-17)24-14-25-26(30-9-11-34(25)32-24)33-10-3-4-20(16-33)27(35)31-15-19-6-7-21(29)13-23(19)28/h5-9,11-14,20H,3-4,10,15-16H2,1-2H3,(H,31,35)/t20-/m1/s1. The number of carbonyl (C=O) groups excluding carboxylic acids is 1. The summed E-state index contributed by atoms with van der Waals surface area (Å²) in [6.45, 7) is 5.84. The fourth-order valence-corrected chi connectivity index (χ4v) is 4.99. The topological polar surface area (TPSA) is 62.5 Å². The number of halogens is 2. The molecule has 5 rings (SSSR count). The third kappa shape index (κ3) is 4.86. The van der Waals surface area contributed by atoms with E-state index in [-0.39, 0.29) is 18.4 Å². The van der Waals surface area contributed by atoms with E-state index in [2.05, 4.69) is 53.3 Å². The highest BCUT2D eigenvalue weighted by molar-refractivity contribution is 6.31. The Hall–Kier alpha value is -3.45. The first-order chi connectivity index (χ1) is 16.9. The van der Waals surface area contributed by atoms with Crippen LogP contribution in [0.5, 0.6) is 0 Å². The van der Waals surface area contributed by atoms with Crippen LogP contribution in [0.2, 0.25) is 5.02 Å². The molecule has 1 aliphatic heterocycles. The van der Waals surface area contributed by atoms with Crippen LogP contribution in [0.3, 0.4) is 0 Å². The van der Waals surface area contributed by atoms with E-state index in [0.717, 1.165) is 42.0 Å². The van der Waals surface area contributed by atoms with Crippen LogP contribution in [0.4, 0.5) is 10.2 Å². The molecular formula is C27H27ClFN5O. The number of carbonyl (C=O) groups is 1. The Balaban J connectivity index is 1.34. The van der Waals surface area contributed by atoms with Gasteiger partial charge in [-0.2, -0.15) is 5.10 Å². The molecular weight excluding hydrogens is 465 g/mol. The van der Waals surface area contributed by atoms with Crippen LogP contribution in [-0.4, -0.2) is 33.6 Å². The average Bonchev–Trinajstić information content (AvgIpc) is 3.27. The summed E-state index contributed by atoms with van der Waals surface area (Å²) in [7, 11) is 0. The van der Waals surface area contributed by atoms with Gasteiger partial charge in [0.05, 0.1) is 11.6 Å². The van der Waals surface area contributed by atoms with Crippen LogP contribution in [-0.2, 0) is 11.3 Å². The van der Waals surface area contributed by atoms with Gasteiger partial charge in [-0.25, -0.2) is 13.9 Å². The number of fused-ring (bicyclic) bond motifs is 1. The number of aromatic nitrogens is 3. The monoisotopic (exact) mass is 491 g/mol. The van der Waals surface area contributed by atoms with Gasteiger partial charge >= 0.3 is 0 Å². The van der Waals surface area contributed by atoms with Crippen molar-refractivity contribution >= 4 is 28.8 Å².